The first-order valence-corrected chi connectivity index (χ1v) is 7.28. The summed E-state index contributed by atoms with van der Waals surface area (Å²) in [7, 11) is 6.05. The Morgan fingerprint density at radius 2 is 1.70 bits per heavy atom. The van der Waals surface area contributed by atoms with E-state index in [1.807, 2.05) is 27.2 Å². The van der Waals surface area contributed by atoms with Crippen LogP contribution in [0.5, 0.6) is 0 Å². The minimum atomic E-state index is -0.137. The van der Waals surface area contributed by atoms with Crippen LogP contribution in [0.3, 0.4) is 0 Å². The first-order chi connectivity index (χ1) is 9.75. The molecule has 0 fully saturated rings. The van der Waals surface area contributed by atoms with E-state index in [9.17, 15) is 0 Å². The van der Waals surface area contributed by atoms with Gasteiger partial charge in [0.25, 0.3) is 0 Å². The van der Waals surface area contributed by atoms with Crippen molar-refractivity contribution >= 4 is 6.08 Å². The summed E-state index contributed by atoms with van der Waals surface area (Å²) < 4.78 is 0. The average Bonchev–Trinajstić information content (AvgIpc) is 2.53. The molecule has 0 radical (unpaired) electrons. The van der Waals surface area contributed by atoms with Gasteiger partial charge >= 0.3 is 0 Å². The smallest absolute Gasteiger partial charge is 0.0961 e. The molecule has 1 aliphatic carbocycles. The van der Waals surface area contributed by atoms with E-state index in [0.29, 0.717) is 0 Å². The highest BCUT2D eigenvalue weighted by Gasteiger charge is 2.34. The summed E-state index contributed by atoms with van der Waals surface area (Å²) >= 11 is 0. The van der Waals surface area contributed by atoms with Gasteiger partial charge in [0.1, 0.15) is 0 Å². The lowest BCUT2D eigenvalue weighted by Crippen LogP contribution is -2.57. The van der Waals surface area contributed by atoms with Gasteiger partial charge in [-0.15, -0.1) is 0 Å². The summed E-state index contributed by atoms with van der Waals surface area (Å²) in [5.74, 6) is 0. The van der Waals surface area contributed by atoms with E-state index in [2.05, 4.69) is 52.4 Å². The molecular formula is C17H25N3. The van der Waals surface area contributed by atoms with Gasteiger partial charge in [-0.3, -0.25) is 10.6 Å². The minimum Gasteiger partial charge on any atom is -0.391 e. The topological polar surface area (TPSA) is 36.1 Å². The van der Waals surface area contributed by atoms with Crippen LogP contribution in [-0.4, -0.2) is 26.8 Å². The minimum absolute atomic E-state index is 0.137. The van der Waals surface area contributed by atoms with Gasteiger partial charge in [0.05, 0.1) is 5.66 Å². The predicted molar refractivity (Wildman–Crippen MR) is 86.3 cm³/mol. The van der Waals surface area contributed by atoms with Crippen LogP contribution in [0.15, 0.2) is 47.7 Å². The molecule has 0 unspecified atom stereocenters. The van der Waals surface area contributed by atoms with Gasteiger partial charge in [-0.1, -0.05) is 42.5 Å². The normalized spacial score (nSPS) is 18.6. The molecule has 0 spiro atoms. The molecule has 3 N–H and O–H groups in total. The largest absolute Gasteiger partial charge is 0.391 e. The van der Waals surface area contributed by atoms with E-state index in [1.165, 1.54) is 23.3 Å². The molecule has 0 heterocycles. The Labute approximate surface area is 122 Å². The summed E-state index contributed by atoms with van der Waals surface area (Å²) in [4.78, 5) is 0. The van der Waals surface area contributed by atoms with E-state index in [0.717, 1.165) is 12.8 Å². The molecule has 1 aromatic rings. The van der Waals surface area contributed by atoms with Crippen LogP contribution in [0, 0.1) is 0 Å². The average molecular weight is 271 g/mol. The molecule has 0 bridgehead atoms. The molecule has 3 nitrogen and oxygen atoms in total. The van der Waals surface area contributed by atoms with Crippen LogP contribution < -0.4 is 16.0 Å². The van der Waals surface area contributed by atoms with Crippen LogP contribution in [0.2, 0.25) is 0 Å². The fourth-order valence-corrected chi connectivity index (χ4v) is 2.95. The van der Waals surface area contributed by atoms with Crippen LogP contribution in [0.25, 0.3) is 6.08 Å². The van der Waals surface area contributed by atoms with Crippen molar-refractivity contribution < 1.29 is 0 Å². The lowest BCUT2D eigenvalue weighted by Gasteiger charge is -2.39. The molecule has 108 valence electrons. The van der Waals surface area contributed by atoms with Crippen LogP contribution >= 0.6 is 0 Å². The highest BCUT2D eigenvalue weighted by molar-refractivity contribution is 5.55. The highest BCUT2D eigenvalue weighted by Crippen LogP contribution is 2.31. The molecule has 0 aliphatic heterocycles. The summed E-state index contributed by atoms with van der Waals surface area (Å²) in [6, 6.07) is 10.4. The summed E-state index contributed by atoms with van der Waals surface area (Å²) in [6.45, 7) is 0. The van der Waals surface area contributed by atoms with E-state index < -0.39 is 0 Å². The standard InChI is InChI=1S/C17H25N3/c1-18-16-10-7-13-17(19-2,20-3)15(16)12-11-14-8-5-4-6-9-14/h4-6,8-9,11-12,18-20H,7,10,13H2,1-3H3/b12-11+. The van der Waals surface area contributed by atoms with Crippen molar-refractivity contribution in [3.05, 3.63) is 53.2 Å². The quantitative estimate of drug-likeness (QED) is 0.720. The first kappa shape index (κ1) is 14.8. The lowest BCUT2D eigenvalue weighted by atomic mass is 9.84. The Bertz CT molecular complexity index is 484. The molecule has 0 saturated carbocycles. The number of rotatable bonds is 5. The molecule has 20 heavy (non-hydrogen) atoms. The number of likely N-dealkylation sites (N-methyl/N-ethyl adjacent to an activating group) is 2. The van der Waals surface area contributed by atoms with Gasteiger partial charge in [0.2, 0.25) is 0 Å². The molecule has 3 heteroatoms. The maximum atomic E-state index is 3.46. The molecule has 1 aliphatic rings. The second-order valence-electron chi connectivity index (χ2n) is 5.15. The number of hydrogen-bond donors (Lipinski definition) is 3. The third-order valence-electron chi connectivity index (χ3n) is 4.16. The number of allylic oxidation sites excluding steroid dienone is 1. The zero-order valence-electron chi connectivity index (χ0n) is 12.7. The van der Waals surface area contributed by atoms with Crippen molar-refractivity contribution in [1.29, 1.82) is 0 Å². The third-order valence-corrected chi connectivity index (χ3v) is 4.16. The molecule has 2 rings (SSSR count). The second kappa shape index (κ2) is 6.73. The van der Waals surface area contributed by atoms with Gasteiger partial charge in [0, 0.05) is 18.3 Å². The van der Waals surface area contributed by atoms with Crippen molar-refractivity contribution in [3.8, 4) is 0 Å². The number of benzene rings is 1. The maximum absolute atomic E-state index is 3.46. The molecule has 0 atom stereocenters. The predicted octanol–water partition coefficient (Wildman–Crippen LogP) is 2.49. The van der Waals surface area contributed by atoms with Crippen molar-refractivity contribution in [2.24, 2.45) is 0 Å². The highest BCUT2D eigenvalue weighted by atomic mass is 15.2. The Morgan fingerprint density at radius 1 is 1.00 bits per heavy atom. The SMILES string of the molecule is CNC1=C(/C=C/c2ccccc2)C(NC)(NC)CCC1. The molecule has 0 saturated heterocycles. The molecule has 1 aromatic carbocycles. The fourth-order valence-electron chi connectivity index (χ4n) is 2.95. The van der Waals surface area contributed by atoms with Crippen molar-refractivity contribution in [2.45, 2.75) is 24.9 Å². The van der Waals surface area contributed by atoms with Gasteiger partial charge < -0.3 is 5.32 Å². The van der Waals surface area contributed by atoms with E-state index >= 15 is 0 Å². The Hall–Kier alpha value is -1.58. The maximum Gasteiger partial charge on any atom is 0.0961 e. The monoisotopic (exact) mass is 271 g/mol. The lowest BCUT2D eigenvalue weighted by molar-refractivity contribution is 0.306. The van der Waals surface area contributed by atoms with Crippen molar-refractivity contribution in [2.75, 3.05) is 21.1 Å². The molecular weight excluding hydrogens is 246 g/mol. The zero-order chi connectivity index (χ0) is 14.4. The summed E-state index contributed by atoms with van der Waals surface area (Å²) in [5, 5.41) is 10.3. The molecule has 0 aromatic heterocycles. The Morgan fingerprint density at radius 3 is 2.30 bits per heavy atom. The van der Waals surface area contributed by atoms with Gasteiger partial charge in [0.15, 0.2) is 0 Å². The number of nitrogens with one attached hydrogen (secondary N) is 3. The summed E-state index contributed by atoms with van der Waals surface area (Å²) in [6.07, 6.45) is 7.80. The Balaban J connectivity index is 2.36. The first-order valence-electron chi connectivity index (χ1n) is 7.28. The van der Waals surface area contributed by atoms with Crippen LogP contribution in [-0.2, 0) is 0 Å². The number of hydrogen-bond acceptors (Lipinski definition) is 3. The van der Waals surface area contributed by atoms with Crippen molar-refractivity contribution in [3.63, 3.8) is 0 Å². The van der Waals surface area contributed by atoms with E-state index in [4.69, 9.17) is 0 Å². The fraction of sp³-hybridized carbons (Fsp3) is 0.412. The summed E-state index contributed by atoms with van der Waals surface area (Å²) in [5.41, 5.74) is 3.70. The van der Waals surface area contributed by atoms with E-state index in [-0.39, 0.29) is 5.66 Å². The van der Waals surface area contributed by atoms with Crippen molar-refractivity contribution in [1.82, 2.24) is 16.0 Å². The molecule has 0 amide bonds. The second-order valence-corrected chi connectivity index (χ2v) is 5.15. The van der Waals surface area contributed by atoms with Gasteiger partial charge in [-0.25, -0.2) is 0 Å². The van der Waals surface area contributed by atoms with E-state index in [1.54, 1.807) is 0 Å². The van der Waals surface area contributed by atoms with Gasteiger partial charge in [-0.05, 0) is 38.9 Å². The zero-order valence-corrected chi connectivity index (χ0v) is 12.7. The van der Waals surface area contributed by atoms with Gasteiger partial charge in [-0.2, -0.15) is 0 Å². The third kappa shape index (κ3) is 2.94. The van der Waals surface area contributed by atoms with Crippen LogP contribution in [0.4, 0.5) is 0 Å². The van der Waals surface area contributed by atoms with Crippen LogP contribution in [0.1, 0.15) is 24.8 Å². The Kier molecular flexibility index (Phi) is 4.99.